The highest BCUT2D eigenvalue weighted by Crippen LogP contribution is 2.46. The standard InChI is InChI=1S/C31H31FO4/c1-21-13-27(32)25(16-29(21)34-19-24-11-7-4-8-12-24)14-22(2)31-18-26(15-23-9-5-3-6-10-23)28(33)17-30(31)35-20-36-31/h3-13,16-17,22,26H,14-15,18-20H2,1-2H3/t22-,26-,31+/m0/s1. The van der Waals surface area contributed by atoms with Crippen LogP contribution in [0.2, 0.25) is 0 Å². The third-order valence-electron chi connectivity index (χ3n) is 7.40. The number of fused-ring (bicyclic) bond motifs is 1. The average molecular weight is 487 g/mol. The SMILES string of the molecule is Cc1cc(F)c(C[C@H](C)[C@]23C[C@H](Cc4ccccc4)C(=O)C=C2OCO3)cc1OCc1ccccc1. The van der Waals surface area contributed by atoms with Gasteiger partial charge in [0, 0.05) is 12.0 Å². The molecule has 1 aliphatic carbocycles. The Morgan fingerprint density at radius 3 is 2.47 bits per heavy atom. The summed E-state index contributed by atoms with van der Waals surface area (Å²) < 4.78 is 33.1. The number of hydrogen-bond acceptors (Lipinski definition) is 4. The summed E-state index contributed by atoms with van der Waals surface area (Å²) in [5.74, 6) is 0.697. The molecule has 5 heteroatoms. The van der Waals surface area contributed by atoms with Crippen LogP contribution in [0.3, 0.4) is 0 Å². The molecular weight excluding hydrogens is 455 g/mol. The molecule has 4 nitrogen and oxygen atoms in total. The third kappa shape index (κ3) is 4.93. The van der Waals surface area contributed by atoms with E-state index in [9.17, 15) is 4.79 Å². The maximum Gasteiger partial charge on any atom is 0.189 e. The molecule has 3 aromatic rings. The number of halogens is 1. The van der Waals surface area contributed by atoms with Crippen molar-refractivity contribution in [1.29, 1.82) is 0 Å². The maximum atomic E-state index is 15.1. The molecule has 0 N–H and O–H groups in total. The van der Waals surface area contributed by atoms with Crippen molar-refractivity contribution < 1.29 is 23.4 Å². The van der Waals surface area contributed by atoms with E-state index >= 15 is 4.39 Å². The highest BCUT2D eigenvalue weighted by molar-refractivity contribution is 5.94. The van der Waals surface area contributed by atoms with Gasteiger partial charge in [-0.2, -0.15) is 0 Å². The zero-order chi connectivity index (χ0) is 25.1. The molecule has 0 spiro atoms. The van der Waals surface area contributed by atoms with Crippen molar-refractivity contribution in [2.45, 2.75) is 45.3 Å². The largest absolute Gasteiger partial charge is 0.489 e. The van der Waals surface area contributed by atoms with Crippen LogP contribution in [-0.4, -0.2) is 18.2 Å². The molecule has 1 saturated heterocycles. The molecule has 3 atom stereocenters. The minimum absolute atomic E-state index is 0.0558. The molecule has 0 amide bonds. The zero-order valence-electron chi connectivity index (χ0n) is 20.7. The Hall–Kier alpha value is -3.44. The van der Waals surface area contributed by atoms with Gasteiger partial charge in [-0.15, -0.1) is 0 Å². The van der Waals surface area contributed by atoms with Crippen molar-refractivity contribution in [2.24, 2.45) is 11.8 Å². The summed E-state index contributed by atoms with van der Waals surface area (Å²) in [5.41, 5.74) is 2.73. The Morgan fingerprint density at radius 1 is 1.06 bits per heavy atom. The lowest BCUT2D eigenvalue weighted by molar-refractivity contribution is -0.123. The van der Waals surface area contributed by atoms with E-state index in [2.05, 4.69) is 0 Å². The Bertz CT molecular complexity index is 1250. The number of aryl methyl sites for hydroxylation is 1. The first-order chi connectivity index (χ1) is 17.4. The maximum absolute atomic E-state index is 15.1. The molecule has 1 aliphatic heterocycles. The topological polar surface area (TPSA) is 44.8 Å². The summed E-state index contributed by atoms with van der Waals surface area (Å²) in [7, 11) is 0. The second kappa shape index (κ2) is 10.3. The molecule has 0 saturated carbocycles. The van der Waals surface area contributed by atoms with Crippen molar-refractivity contribution >= 4 is 5.78 Å². The smallest absolute Gasteiger partial charge is 0.189 e. The quantitative estimate of drug-likeness (QED) is 0.372. The van der Waals surface area contributed by atoms with Crippen molar-refractivity contribution in [3.8, 4) is 5.75 Å². The normalized spacial score (nSPS) is 21.9. The van der Waals surface area contributed by atoms with Crippen LogP contribution in [0, 0.1) is 24.6 Å². The predicted molar refractivity (Wildman–Crippen MR) is 136 cm³/mol. The lowest BCUT2D eigenvalue weighted by atomic mass is 9.71. The number of ketones is 1. The molecule has 0 radical (unpaired) electrons. The minimum atomic E-state index is -0.754. The molecule has 0 unspecified atom stereocenters. The Kier molecular flexibility index (Phi) is 6.92. The van der Waals surface area contributed by atoms with E-state index in [1.165, 1.54) is 6.07 Å². The van der Waals surface area contributed by atoms with Crippen LogP contribution in [0.5, 0.6) is 5.75 Å². The van der Waals surface area contributed by atoms with Gasteiger partial charge < -0.3 is 14.2 Å². The number of carbonyl (C=O) groups is 1. The summed E-state index contributed by atoms with van der Waals surface area (Å²) in [5, 5.41) is 0. The van der Waals surface area contributed by atoms with Crippen LogP contribution < -0.4 is 4.74 Å². The molecule has 0 bridgehead atoms. The highest BCUT2D eigenvalue weighted by Gasteiger charge is 2.52. The van der Waals surface area contributed by atoms with Crippen LogP contribution in [0.1, 0.15) is 35.6 Å². The van der Waals surface area contributed by atoms with E-state index in [-0.39, 0.29) is 30.2 Å². The number of allylic oxidation sites excluding steroid dienone is 1. The van der Waals surface area contributed by atoms with Crippen LogP contribution in [0.4, 0.5) is 4.39 Å². The summed E-state index contributed by atoms with van der Waals surface area (Å²) in [6.45, 7) is 4.41. The predicted octanol–water partition coefficient (Wildman–Crippen LogP) is 6.35. The van der Waals surface area contributed by atoms with E-state index in [0.717, 1.165) is 16.7 Å². The lowest BCUT2D eigenvalue weighted by Crippen LogP contribution is -2.45. The molecule has 5 rings (SSSR count). The Balaban J connectivity index is 1.36. The van der Waals surface area contributed by atoms with E-state index in [4.69, 9.17) is 14.2 Å². The number of benzene rings is 3. The first kappa shape index (κ1) is 24.3. The average Bonchev–Trinajstić information content (AvgIpc) is 3.30. The number of hydrogen-bond donors (Lipinski definition) is 0. The van der Waals surface area contributed by atoms with Crippen LogP contribution >= 0.6 is 0 Å². The van der Waals surface area contributed by atoms with Gasteiger partial charge in [-0.05, 0) is 66.5 Å². The monoisotopic (exact) mass is 486 g/mol. The van der Waals surface area contributed by atoms with Gasteiger partial charge >= 0.3 is 0 Å². The fraction of sp³-hybridized carbons (Fsp3) is 0.323. The fourth-order valence-corrected chi connectivity index (χ4v) is 5.32. The van der Waals surface area contributed by atoms with Crippen molar-refractivity contribution in [2.75, 3.05) is 6.79 Å². The van der Waals surface area contributed by atoms with Crippen molar-refractivity contribution in [1.82, 2.24) is 0 Å². The first-order valence-corrected chi connectivity index (χ1v) is 12.5. The van der Waals surface area contributed by atoms with Gasteiger partial charge in [-0.25, -0.2) is 4.39 Å². The van der Waals surface area contributed by atoms with Crippen LogP contribution in [0.25, 0.3) is 0 Å². The number of ether oxygens (including phenoxy) is 3. The lowest BCUT2D eigenvalue weighted by Gasteiger charge is -2.38. The minimum Gasteiger partial charge on any atom is -0.489 e. The van der Waals surface area contributed by atoms with E-state index < -0.39 is 5.60 Å². The molecule has 186 valence electrons. The Labute approximate surface area is 211 Å². The van der Waals surface area contributed by atoms with Gasteiger partial charge in [-0.3, -0.25) is 4.79 Å². The van der Waals surface area contributed by atoms with E-state index in [1.807, 2.05) is 74.5 Å². The summed E-state index contributed by atoms with van der Waals surface area (Å²) in [6.07, 6.45) is 3.18. The molecule has 3 aromatic carbocycles. The van der Waals surface area contributed by atoms with Gasteiger partial charge in [0.15, 0.2) is 12.6 Å². The van der Waals surface area contributed by atoms with E-state index in [0.29, 0.717) is 42.9 Å². The summed E-state index contributed by atoms with van der Waals surface area (Å²) in [4.78, 5) is 12.9. The molecular formula is C31H31FO4. The van der Waals surface area contributed by atoms with Gasteiger partial charge in [-0.1, -0.05) is 67.6 Å². The second-order valence-corrected chi connectivity index (χ2v) is 9.89. The summed E-state index contributed by atoms with van der Waals surface area (Å²) >= 11 is 0. The van der Waals surface area contributed by atoms with Gasteiger partial charge in [0.1, 0.15) is 29.5 Å². The first-order valence-electron chi connectivity index (χ1n) is 12.5. The number of rotatable bonds is 8. The summed E-state index contributed by atoms with van der Waals surface area (Å²) in [6, 6.07) is 23.2. The molecule has 0 aromatic heterocycles. The third-order valence-corrected chi connectivity index (χ3v) is 7.40. The molecule has 36 heavy (non-hydrogen) atoms. The van der Waals surface area contributed by atoms with Crippen LogP contribution in [-0.2, 0) is 33.7 Å². The zero-order valence-corrected chi connectivity index (χ0v) is 20.7. The molecule has 1 heterocycles. The van der Waals surface area contributed by atoms with Crippen molar-refractivity contribution in [3.05, 3.63) is 113 Å². The van der Waals surface area contributed by atoms with Crippen LogP contribution in [0.15, 0.2) is 84.6 Å². The van der Waals surface area contributed by atoms with Gasteiger partial charge in [0.25, 0.3) is 0 Å². The highest BCUT2D eigenvalue weighted by atomic mass is 19.1. The van der Waals surface area contributed by atoms with Gasteiger partial charge in [0.05, 0.1) is 0 Å². The second-order valence-electron chi connectivity index (χ2n) is 9.89. The molecule has 2 aliphatic rings. The fourth-order valence-electron chi connectivity index (χ4n) is 5.32. The van der Waals surface area contributed by atoms with Crippen molar-refractivity contribution in [3.63, 3.8) is 0 Å². The Morgan fingerprint density at radius 2 is 1.75 bits per heavy atom. The number of carbonyl (C=O) groups excluding carboxylic acids is 1. The van der Waals surface area contributed by atoms with Gasteiger partial charge in [0.2, 0.25) is 0 Å². The molecule has 1 fully saturated rings. The van der Waals surface area contributed by atoms with E-state index in [1.54, 1.807) is 12.1 Å².